The molecule has 84 valence electrons. The molecule has 5 heteroatoms. The van der Waals surface area contributed by atoms with Gasteiger partial charge in [-0.1, -0.05) is 0 Å². The van der Waals surface area contributed by atoms with Crippen molar-refractivity contribution in [1.82, 2.24) is 9.21 Å². The van der Waals surface area contributed by atoms with Gasteiger partial charge in [0.2, 0.25) is 0 Å². The quantitative estimate of drug-likeness (QED) is 0.765. The summed E-state index contributed by atoms with van der Waals surface area (Å²) in [6.45, 7) is 3.05. The highest BCUT2D eigenvalue weighted by molar-refractivity contribution is 7.89. The van der Waals surface area contributed by atoms with Crippen LogP contribution in [0, 0.1) is 10.7 Å². The van der Waals surface area contributed by atoms with Gasteiger partial charge in [-0.25, -0.2) is 13.3 Å². The fraction of sp³-hybridized carbons (Fsp3) is 1.00. The van der Waals surface area contributed by atoms with Gasteiger partial charge in [0, 0.05) is 19.8 Å². The lowest BCUT2D eigenvalue weighted by Crippen LogP contribution is -2.37. The van der Waals surface area contributed by atoms with E-state index in [1.165, 1.54) is 6.26 Å². The van der Waals surface area contributed by atoms with Gasteiger partial charge in [0.1, 0.15) is 9.92 Å². The number of piperidine rings is 1. The lowest BCUT2D eigenvalue weighted by Gasteiger charge is -2.31. The number of rotatable bonds is 3. The zero-order valence-electron chi connectivity index (χ0n) is 9.32. The van der Waals surface area contributed by atoms with Gasteiger partial charge < -0.3 is 4.90 Å². The first kappa shape index (κ1) is 11.9. The highest BCUT2D eigenvalue weighted by Crippen LogP contribution is 2.17. The zero-order valence-corrected chi connectivity index (χ0v) is 10.1. The molecule has 14 heavy (non-hydrogen) atoms. The third-order valence-electron chi connectivity index (χ3n) is 2.95. The van der Waals surface area contributed by atoms with Crippen LogP contribution < -0.4 is 0 Å². The van der Waals surface area contributed by atoms with E-state index in [2.05, 4.69) is 11.9 Å². The molecule has 1 aliphatic rings. The van der Waals surface area contributed by atoms with Gasteiger partial charge >= 0.3 is 0 Å². The topological polar surface area (TPSA) is 47.4 Å². The number of hydrogen-bond acceptors (Lipinski definition) is 3. The fourth-order valence-electron chi connectivity index (χ4n) is 1.75. The summed E-state index contributed by atoms with van der Waals surface area (Å²) in [6.07, 6.45) is 3.81. The molecule has 4 nitrogen and oxygen atoms in total. The Morgan fingerprint density at radius 1 is 1.50 bits per heavy atom. The molecule has 0 amide bonds. The van der Waals surface area contributed by atoms with Crippen molar-refractivity contribution in [3.8, 4) is 0 Å². The summed E-state index contributed by atoms with van der Waals surface area (Å²) >= 11 is 0. The molecule has 0 aliphatic carbocycles. The third-order valence-corrected chi connectivity index (χ3v) is 4.29. The molecule has 1 N–H and O–H groups in total. The molecule has 1 fully saturated rings. The van der Waals surface area contributed by atoms with Gasteiger partial charge in [-0.2, -0.15) is 0 Å². The SMILES string of the molecule is CN1CCC(CN(C)S(C)(=N)=O)CC1. The normalized spacial score (nSPS) is 25.1. The van der Waals surface area contributed by atoms with Crippen LogP contribution in [0.4, 0.5) is 0 Å². The molecule has 0 aromatic carbocycles. The first-order valence-corrected chi connectivity index (χ1v) is 6.95. The van der Waals surface area contributed by atoms with Crippen molar-refractivity contribution in [3.05, 3.63) is 0 Å². The van der Waals surface area contributed by atoms with Crippen LogP contribution in [0.3, 0.4) is 0 Å². The Morgan fingerprint density at radius 2 is 2.00 bits per heavy atom. The van der Waals surface area contributed by atoms with Crippen LogP contribution >= 0.6 is 0 Å². The maximum atomic E-state index is 11.4. The fourth-order valence-corrected chi connectivity index (χ4v) is 2.25. The van der Waals surface area contributed by atoms with Crippen molar-refractivity contribution < 1.29 is 4.21 Å². The zero-order chi connectivity index (χ0) is 10.8. The Morgan fingerprint density at radius 3 is 2.43 bits per heavy atom. The van der Waals surface area contributed by atoms with Gasteiger partial charge in [-0.3, -0.25) is 0 Å². The smallest absolute Gasteiger partial charge is 0.104 e. The summed E-state index contributed by atoms with van der Waals surface area (Å²) in [6, 6.07) is 0. The van der Waals surface area contributed by atoms with Gasteiger partial charge in [-0.05, 0) is 38.9 Å². The Kier molecular flexibility index (Phi) is 3.92. The van der Waals surface area contributed by atoms with Crippen LogP contribution in [0.2, 0.25) is 0 Å². The van der Waals surface area contributed by atoms with E-state index in [1.54, 1.807) is 11.4 Å². The number of nitrogens with zero attached hydrogens (tertiary/aromatic N) is 2. The summed E-state index contributed by atoms with van der Waals surface area (Å²) in [7, 11) is 1.42. The van der Waals surface area contributed by atoms with Gasteiger partial charge in [0.15, 0.2) is 0 Å². The lowest BCUT2D eigenvalue weighted by molar-refractivity contribution is 0.203. The minimum Gasteiger partial charge on any atom is -0.306 e. The van der Waals surface area contributed by atoms with Crippen LogP contribution in [0.1, 0.15) is 12.8 Å². The van der Waals surface area contributed by atoms with E-state index < -0.39 is 9.92 Å². The molecule has 1 heterocycles. The number of nitrogens with one attached hydrogen (secondary N) is 1. The van der Waals surface area contributed by atoms with E-state index in [0.29, 0.717) is 5.92 Å². The molecule has 0 bridgehead atoms. The second kappa shape index (κ2) is 4.59. The van der Waals surface area contributed by atoms with E-state index in [-0.39, 0.29) is 0 Å². The van der Waals surface area contributed by atoms with Crippen LogP contribution in [0.5, 0.6) is 0 Å². The van der Waals surface area contributed by atoms with Crippen LogP contribution in [0.25, 0.3) is 0 Å². The molecule has 1 unspecified atom stereocenters. The van der Waals surface area contributed by atoms with Gasteiger partial charge in [0.25, 0.3) is 0 Å². The molecule has 1 rings (SSSR count). The Hall–Kier alpha value is -0.130. The predicted octanol–water partition coefficient (Wildman–Crippen LogP) is 0.852. The number of hydrogen-bond donors (Lipinski definition) is 1. The molecule has 0 aromatic rings. The second-order valence-electron chi connectivity index (χ2n) is 4.36. The molecule has 1 saturated heterocycles. The first-order chi connectivity index (χ1) is 6.39. The van der Waals surface area contributed by atoms with Crippen molar-refractivity contribution in [3.63, 3.8) is 0 Å². The summed E-state index contributed by atoms with van der Waals surface area (Å²) in [5.74, 6) is 0.613. The number of likely N-dealkylation sites (tertiary alicyclic amines) is 1. The summed E-state index contributed by atoms with van der Waals surface area (Å²) in [4.78, 5) is 2.32. The molecule has 0 radical (unpaired) electrons. The predicted molar refractivity (Wildman–Crippen MR) is 59.6 cm³/mol. The lowest BCUT2D eigenvalue weighted by atomic mass is 9.97. The summed E-state index contributed by atoms with van der Waals surface area (Å²) < 4.78 is 20.5. The summed E-state index contributed by atoms with van der Waals surface area (Å²) in [5.41, 5.74) is 0. The monoisotopic (exact) mass is 219 g/mol. The molecule has 0 saturated carbocycles. The van der Waals surface area contributed by atoms with Crippen LogP contribution in [0.15, 0.2) is 0 Å². The van der Waals surface area contributed by atoms with E-state index in [4.69, 9.17) is 4.78 Å². The highest BCUT2D eigenvalue weighted by atomic mass is 32.2. The van der Waals surface area contributed by atoms with E-state index >= 15 is 0 Å². The van der Waals surface area contributed by atoms with Crippen molar-refractivity contribution in [1.29, 1.82) is 4.78 Å². The average Bonchev–Trinajstić information content (AvgIpc) is 2.07. The molecule has 1 atom stereocenters. The van der Waals surface area contributed by atoms with E-state index in [9.17, 15) is 4.21 Å². The van der Waals surface area contributed by atoms with Crippen LogP contribution in [-0.2, 0) is 9.92 Å². The van der Waals surface area contributed by atoms with E-state index in [1.807, 2.05) is 0 Å². The Labute approximate surface area is 87.4 Å². The molecule has 0 spiro atoms. The molecular formula is C9H21N3OS. The van der Waals surface area contributed by atoms with Gasteiger partial charge in [0.05, 0.1) is 0 Å². The summed E-state index contributed by atoms with van der Waals surface area (Å²) in [5, 5.41) is 0. The minimum atomic E-state index is -2.50. The Balaban J connectivity index is 2.38. The second-order valence-corrected chi connectivity index (χ2v) is 6.59. The molecule has 1 aliphatic heterocycles. The van der Waals surface area contributed by atoms with Crippen molar-refractivity contribution in [2.45, 2.75) is 12.8 Å². The van der Waals surface area contributed by atoms with E-state index in [0.717, 1.165) is 32.5 Å². The minimum absolute atomic E-state index is 0.613. The largest absolute Gasteiger partial charge is 0.306 e. The van der Waals surface area contributed by atoms with Gasteiger partial charge in [-0.15, -0.1) is 0 Å². The third kappa shape index (κ3) is 3.55. The maximum Gasteiger partial charge on any atom is 0.104 e. The van der Waals surface area contributed by atoms with Crippen molar-refractivity contribution in [2.24, 2.45) is 5.92 Å². The van der Waals surface area contributed by atoms with Crippen LogP contribution in [-0.4, -0.2) is 53.4 Å². The first-order valence-electron chi connectivity index (χ1n) is 5.03. The highest BCUT2D eigenvalue weighted by Gasteiger charge is 2.20. The average molecular weight is 219 g/mol. The van der Waals surface area contributed by atoms with Crippen molar-refractivity contribution in [2.75, 3.05) is 40.0 Å². The van der Waals surface area contributed by atoms with Crippen molar-refractivity contribution >= 4 is 9.92 Å². The molecule has 0 aromatic heterocycles. The molecular weight excluding hydrogens is 198 g/mol. The Bertz CT molecular complexity index is 268. The maximum absolute atomic E-state index is 11.4. The standard InChI is InChI=1S/C9H21N3OS/c1-11-6-4-9(5-7-11)8-12(2)14(3,10)13/h9-10H,4-8H2,1-3H3.